The molecule has 0 spiro atoms. The smallest absolute Gasteiger partial charge is 0.154 e. The van der Waals surface area contributed by atoms with E-state index in [1.807, 2.05) is 20.8 Å². The Balaban J connectivity index is 4.75. The van der Waals surface area contributed by atoms with Crippen LogP contribution in [0.1, 0.15) is 108 Å². The molecular formula is C23H47NO2. The molecule has 0 saturated carbocycles. The lowest BCUT2D eigenvalue weighted by molar-refractivity contribution is -0.135. The maximum Gasteiger partial charge on any atom is 0.154 e. The van der Waals surface area contributed by atoms with Gasteiger partial charge in [-0.2, -0.15) is 0 Å². The van der Waals surface area contributed by atoms with Gasteiger partial charge in [0.05, 0.1) is 17.7 Å². The summed E-state index contributed by atoms with van der Waals surface area (Å²) in [4.78, 5) is 15.3. The Kier molecular flexibility index (Phi) is 9.53. The fourth-order valence-corrected chi connectivity index (χ4v) is 3.46. The molecule has 156 valence electrons. The van der Waals surface area contributed by atoms with E-state index < -0.39 is 5.54 Å². The van der Waals surface area contributed by atoms with Gasteiger partial charge in [0.15, 0.2) is 5.78 Å². The van der Waals surface area contributed by atoms with E-state index in [1.54, 1.807) is 0 Å². The average Bonchev–Trinajstić information content (AvgIpc) is 2.38. The largest absolute Gasteiger partial charge is 0.375 e. The number of rotatable bonds is 10. The Bertz CT molecular complexity index is 419. The Labute approximate surface area is 164 Å². The number of unbranched alkanes of at least 4 members (excludes halogenated alkanes) is 2. The topological polar surface area (TPSA) is 29.5 Å². The van der Waals surface area contributed by atoms with Crippen LogP contribution in [-0.4, -0.2) is 40.5 Å². The molecule has 0 heterocycles. The van der Waals surface area contributed by atoms with Crippen molar-refractivity contribution >= 4 is 5.78 Å². The SMILES string of the molecule is CC(C)(C)CCCCCN(C(C)(C)C)C(C)(C)C(=O)CCOC(C)(C)C. The van der Waals surface area contributed by atoms with E-state index in [2.05, 4.69) is 60.3 Å². The highest BCUT2D eigenvalue weighted by atomic mass is 16.5. The number of carbonyl (C=O) groups excluding carboxylic acids is 1. The molecule has 0 amide bonds. The van der Waals surface area contributed by atoms with Crippen molar-refractivity contribution in [3.8, 4) is 0 Å². The summed E-state index contributed by atoms with van der Waals surface area (Å²) in [6, 6.07) is 0. The van der Waals surface area contributed by atoms with Gasteiger partial charge in [-0.15, -0.1) is 0 Å². The van der Waals surface area contributed by atoms with Crippen LogP contribution in [0.4, 0.5) is 0 Å². The molecule has 0 rings (SSSR count). The molecule has 0 saturated heterocycles. The average molecular weight is 370 g/mol. The van der Waals surface area contributed by atoms with Crippen LogP contribution < -0.4 is 0 Å². The summed E-state index contributed by atoms with van der Waals surface area (Å²) in [5, 5.41) is 0. The lowest BCUT2D eigenvalue weighted by atomic mass is 9.87. The second kappa shape index (κ2) is 9.68. The van der Waals surface area contributed by atoms with Gasteiger partial charge in [-0.3, -0.25) is 9.69 Å². The highest BCUT2D eigenvalue weighted by Crippen LogP contribution is 2.28. The summed E-state index contributed by atoms with van der Waals surface area (Å²) in [7, 11) is 0. The predicted octanol–water partition coefficient (Wildman–Crippen LogP) is 6.25. The van der Waals surface area contributed by atoms with Gasteiger partial charge in [0.2, 0.25) is 0 Å². The van der Waals surface area contributed by atoms with Crippen molar-refractivity contribution in [2.24, 2.45) is 5.41 Å². The molecule has 3 nitrogen and oxygen atoms in total. The van der Waals surface area contributed by atoms with Gasteiger partial charge in [-0.1, -0.05) is 33.6 Å². The van der Waals surface area contributed by atoms with Crippen molar-refractivity contribution in [1.29, 1.82) is 0 Å². The molecule has 3 heteroatoms. The highest BCUT2D eigenvalue weighted by Gasteiger charge is 2.39. The summed E-state index contributed by atoms with van der Waals surface area (Å²) in [5.41, 5.74) is -0.287. The molecule has 0 aromatic heterocycles. The molecule has 0 bridgehead atoms. The second-order valence-electron chi connectivity index (χ2n) is 11.4. The molecule has 0 fully saturated rings. The van der Waals surface area contributed by atoms with Gasteiger partial charge < -0.3 is 4.74 Å². The van der Waals surface area contributed by atoms with Gasteiger partial charge >= 0.3 is 0 Å². The molecule has 0 unspecified atom stereocenters. The lowest BCUT2D eigenvalue weighted by Gasteiger charge is -2.46. The Morgan fingerprint density at radius 3 is 1.77 bits per heavy atom. The molecule has 0 aromatic carbocycles. The van der Waals surface area contributed by atoms with Gasteiger partial charge in [0, 0.05) is 12.0 Å². The maximum atomic E-state index is 12.9. The normalized spacial score (nSPS) is 14.2. The summed E-state index contributed by atoms with van der Waals surface area (Å²) < 4.78 is 5.77. The number of ether oxygens (including phenoxy) is 1. The van der Waals surface area contributed by atoms with Crippen LogP contribution in [0.3, 0.4) is 0 Å². The minimum Gasteiger partial charge on any atom is -0.375 e. The predicted molar refractivity (Wildman–Crippen MR) is 114 cm³/mol. The molecule has 26 heavy (non-hydrogen) atoms. The van der Waals surface area contributed by atoms with Gasteiger partial charge in [-0.05, 0) is 80.2 Å². The fraction of sp³-hybridized carbons (Fsp3) is 0.957. The molecule has 0 aliphatic rings. The van der Waals surface area contributed by atoms with E-state index in [9.17, 15) is 4.79 Å². The van der Waals surface area contributed by atoms with Crippen LogP contribution >= 0.6 is 0 Å². The third-order valence-electron chi connectivity index (χ3n) is 4.84. The highest BCUT2D eigenvalue weighted by molar-refractivity contribution is 5.87. The molecule has 0 aliphatic carbocycles. The number of nitrogens with zero attached hydrogens (tertiary/aromatic N) is 1. The third-order valence-corrected chi connectivity index (χ3v) is 4.84. The standard InChI is InChI=1S/C23H47NO2/c1-20(2,3)16-13-12-14-17-24(21(4,5)6)23(10,11)19(25)15-18-26-22(7,8)9/h12-18H2,1-11H3. The quantitative estimate of drug-likeness (QED) is 0.426. The van der Waals surface area contributed by atoms with Crippen molar-refractivity contribution in [2.45, 2.75) is 125 Å². The minimum absolute atomic E-state index is 0.0337. The Hall–Kier alpha value is -0.410. The maximum absolute atomic E-state index is 12.9. The monoisotopic (exact) mass is 369 g/mol. The third kappa shape index (κ3) is 10.7. The van der Waals surface area contributed by atoms with Crippen molar-refractivity contribution in [3.63, 3.8) is 0 Å². The molecule has 0 N–H and O–H groups in total. The van der Waals surface area contributed by atoms with Crippen LogP contribution in [0.2, 0.25) is 0 Å². The van der Waals surface area contributed by atoms with E-state index in [-0.39, 0.29) is 16.9 Å². The Morgan fingerprint density at radius 1 is 0.808 bits per heavy atom. The summed E-state index contributed by atoms with van der Waals surface area (Å²) in [6.07, 6.45) is 5.36. The van der Waals surface area contributed by atoms with Gasteiger partial charge in [-0.25, -0.2) is 0 Å². The first-order valence-electron chi connectivity index (χ1n) is 10.4. The number of carbonyl (C=O) groups is 1. The van der Waals surface area contributed by atoms with E-state index >= 15 is 0 Å². The lowest BCUT2D eigenvalue weighted by Crippen LogP contribution is -2.58. The number of hydrogen-bond acceptors (Lipinski definition) is 3. The van der Waals surface area contributed by atoms with Gasteiger partial charge in [0.25, 0.3) is 0 Å². The summed E-state index contributed by atoms with van der Waals surface area (Å²) in [5.74, 6) is 0.270. The van der Waals surface area contributed by atoms with E-state index in [0.29, 0.717) is 18.4 Å². The Morgan fingerprint density at radius 2 is 1.35 bits per heavy atom. The first kappa shape index (κ1) is 25.6. The molecule has 0 aromatic rings. The number of hydrogen-bond donors (Lipinski definition) is 0. The second-order valence-corrected chi connectivity index (χ2v) is 11.4. The summed E-state index contributed by atoms with van der Waals surface area (Å²) in [6.45, 7) is 25.2. The molecule has 0 radical (unpaired) electrons. The van der Waals surface area contributed by atoms with Crippen LogP contribution in [0.15, 0.2) is 0 Å². The van der Waals surface area contributed by atoms with Crippen molar-refractivity contribution < 1.29 is 9.53 Å². The first-order valence-corrected chi connectivity index (χ1v) is 10.4. The fourth-order valence-electron chi connectivity index (χ4n) is 3.46. The van der Waals surface area contributed by atoms with E-state index in [4.69, 9.17) is 4.74 Å². The zero-order chi connectivity index (χ0) is 20.8. The van der Waals surface area contributed by atoms with E-state index in [0.717, 1.165) is 13.0 Å². The van der Waals surface area contributed by atoms with Crippen LogP contribution in [0.5, 0.6) is 0 Å². The van der Waals surface area contributed by atoms with Crippen molar-refractivity contribution in [1.82, 2.24) is 4.90 Å². The van der Waals surface area contributed by atoms with Crippen molar-refractivity contribution in [2.75, 3.05) is 13.2 Å². The summed E-state index contributed by atoms with van der Waals surface area (Å²) >= 11 is 0. The zero-order valence-electron chi connectivity index (χ0n) is 19.7. The van der Waals surface area contributed by atoms with Crippen LogP contribution in [0, 0.1) is 5.41 Å². The molecular weight excluding hydrogens is 322 g/mol. The van der Waals surface area contributed by atoms with Gasteiger partial charge in [0.1, 0.15) is 0 Å². The number of Topliss-reactive ketones (excluding diaryl/α,β-unsaturated/α-hetero) is 1. The first-order chi connectivity index (χ1) is 11.5. The van der Waals surface area contributed by atoms with E-state index in [1.165, 1.54) is 19.3 Å². The minimum atomic E-state index is -0.469. The molecule has 0 aliphatic heterocycles. The van der Waals surface area contributed by atoms with Crippen LogP contribution in [-0.2, 0) is 9.53 Å². The number of ketones is 1. The molecule has 0 atom stereocenters. The van der Waals surface area contributed by atoms with Crippen molar-refractivity contribution in [3.05, 3.63) is 0 Å². The van der Waals surface area contributed by atoms with Crippen LogP contribution in [0.25, 0.3) is 0 Å². The zero-order valence-corrected chi connectivity index (χ0v) is 19.7.